The number of sulfonamides is 1. The first-order chi connectivity index (χ1) is 10.2. The molecule has 0 unspecified atom stereocenters. The third-order valence-electron chi connectivity index (χ3n) is 3.10. The van der Waals surface area contributed by atoms with Crippen molar-refractivity contribution < 1.29 is 13.2 Å². The van der Waals surface area contributed by atoms with Crippen LogP contribution in [0.3, 0.4) is 0 Å². The summed E-state index contributed by atoms with van der Waals surface area (Å²) in [5.41, 5.74) is -0.483. The minimum Gasteiger partial charge on any atom is -0.273 e. The summed E-state index contributed by atoms with van der Waals surface area (Å²) < 4.78 is 26.7. The molecule has 0 spiro atoms. The Kier molecular flexibility index (Phi) is 4.37. The maximum atomic E-state index is 12.9. The van der Waals surface area contributed by atoms with Crippen LogP contribution >= 0.6 is 0 Å². The summed E-state index contributed by atoms with van der Waals surface area (Å²) in [7, 11) is -3.95. The molecule has 4 nitrogen and oxygen atoms in total. The van der Waals surface area contributed by atoms with Crippen LogP contribution in [0.25, 0.3) is 0 Å². The van der Waals surface area contributed by atoms with Gasteiger partial charge in [-0.2, -0.15) is 0 Å². The normalized spacial score (nSPS) is 12.0. The average Bonchev–Trinajstić information content (AvgIpc) is 2.48. The monoisotopic (exact) mass is 317 g/mol. The number of carbonyl (C=O) groups excluding carboxylic acids is 1. The molecular formula is C17H19NO3S. The van der Waals surface area contributed by atoms with E-state index in [1.165, 1.54) is 12.1 Å². The van der Waals surface area contributed by atoms with E-state index in [0.29, 0.717) is 5.69 Å². The predicted octanol–water partition coefficient (Wildman–Crippen LogP) is 3.45. The molecule has 0 heterocycles. The van der Waals surface area contributed by atoms with E-state index in [2.05, 4.69) is 0 Å². The van der Waals surface area contributed by atoms with E-state index in [4.69, 9.17) is 0 Å². The molecule has 0 atom stereocenters. The summed E-state index contributed by atoms with van der Waals surface area (Å²) in [5.74, 6) is -0.470. The summed E-state index contributed by atoms with van der Waals surface area (Å²) >= 11 is 0. The number of hydrogen-bond donors (Lipinski definition) is 0. The lowest BCUT2D eigenvalue weighted by atomic mass is 9.95. The number of anilines is 1. The Bertz CT molecular complexity index is 747. The first-order valence-corrected chi connectivity index (χ1v) is 8.38. The highest BCUT2D eigenvalue weighted by molar-refractivity contribution is 7.93. The Labute approximate surface area is 131 Å². The van der Waals surface area contributed by atoms with Gasteiger partial charge in [-0.25, -0.2) is 12.7 Å². The van der Waals surface area contributed by atoms with Crippen LogP contribution in [-0.4, -0.2) is 14.3 Å². The highest BCUT2D eigenvalue weighted by Crippen LogP contribution is 2.29. The van der Waals surface area contributed by atoms with Gasteiger partial charge in [-0.15, -0.1) is 0 Å². The zero-order chi connectivity index (χ0) is 16.4. The molecule has 2 rings (SSSR count). The Hall–Kier alpha value is -2.14. The molecule has 0 radical (unpaired) electrons. The summed E-state index contributed by atoms with van der Waals surface area (Å²) in [4.78, 5) is 12.8. The van der Waals surface area contributed by atoms with Crippen molar-refractivity contribution in [3.63, 3.8) is 0 Å². The van der Waals surface area contributed by atoms with Crippen molar-refractivity contribution in [1.29, 1.82) is 0 Å². The van der Waals surface area contributed by atoms with Gasteiger partial charge in [0, 0.05) is 5.41 Å². The molecule has 0 aliphatic heterocycles. The van der Waals surface area contributed by atoms with Gasteiger partial charge < -0.3 is 0 Å². The fraction of sp³-hybridized carbons (Fsp3) is 0.235. The van der Waals surface area contributed by atoms with Gasteiger partial charge in [0.15, 0.2) is 0 Å². The molecule has 0 N–H and O–H groups in total. The van der Waals surface area contributed by atoms with Crippen molar-refractivity contribution >= 4 is 21.6 Å². The second-order valence-electron chi connectivity index (χ2n) is 5.97. The maximum Gasteiger partial charge on any atom is 0.270 e. The molecule has 0 aliphatic carbocycles. The Morgan fingerprint density at radius 3 is 1.77 bits per heavy atom. The van der Waals surface area contributed by atoms with Crippen molar-refractivity contribution in [2.45, 2.75) is 25.7 Å². The molecule has 0 aliphatic rings. The molecule has 0 aromatic heterocycles. The average molecular weight is 317 g/mol. The minimum atomic E-state index is -3.95. The summed E-state index contributed by atoms with van der Waals surface area (Å²) in [6, 6.07) is 16.4. The Balaban J connectivity index is 2.62. The van der Waals surface area contributed by atoms with E-state index in [0.717, 1.165) is 4.31 Å². The topological polar surface area (TPSA) is 54.5 Å². The van der Waals surface area contributed by atoms with Crippen LogP contribution in [0.5, 0.6) is 0 Å². The first-order valence-electron chi connectivity index (χ1n) is 6.94. The van der Waals surface area contributed by atoms with Crippen LogP contribution < -0.4 is 4.31 Å². The molecule has 116 valence electrons. The van der Waals surface area contributed by atoms with Crippen molar-refractivity contribution in [2.24, 2.45) is 5.41 Å². The zero-order valence-electron chi connectivity index (χ0n) is 12.9. The second-order valence-corrected chi connectivity index (χ2v) is 7.76. The molecule has 0 saturated carbocycles. The van der Waals surface area contributed by atoms with Gasteiger partial charge in [-0.05, 0) is 24.3 Å². The molecule has 0 bridgehead atoms. The number of benzene rings is 2. The largest absolute Gasteiger partial charge is 0.273 e. The third-order valence-corrected chi connectivity index (χ3v) is 4.82. The summed E-state index contributed by atoms with van der Waals surface area (Å²) in [6.45, 7) is 5.10. The van der Waals surface area contributed by atoms with Crippen LogP contribution in [0.1, 0.15) is 20.8 Å². The highest BCUT2D eigenvalue weighted by atomic mass is 32.2. The lowest BCUT2D eigenvalue weighted by molar-refractivity contribution is -0.124. The third kappa shape index (κ3) is 3.20. The van der Waals surface area contributed by atoms with E-state index >= 15 is 0 Å². The van der Waals surface area contributed by atoms with E-state index in [1.807, 2.05) is 0 Å². The number of para-hydroxylation sites is 1. The van der Waals surface area contributed by atoms with Crippen LogP contribution in [0, 0.1) is 5.41 Å². The quantitative estimate of drug-likeness (QED) is 0.871. The van der Waals surface area contributed by atoms with Gasteiger partial charge in [-0.1, -0.05) is 57.2 Å². The summed E-state index contributed by atoms with van der Waals surface area (Å²) in [6.07, 6.45) is 0. The SMILES string of the molecule is CC(C)(C)C(=O)N(c1ccccc1)S(=O)(=O)c1ccccc1. The standard InChI is InChI=1S/C17H19NO3S/c1-17(2,3)16(19)18(14-10-6-4-7-11-14)22(20,21)15-12-8-5-9-13-15/h4-13H,1-3H3. The molecule has 2 aromatic rings. The Morgan fingerprint density at radius 1 is 0.864 bits per heavy atom. The smallest absolute Gasteiger partial charge is 0.270 e. The fourth-order valence-corrected chi connectivity index (χ4v) is 3.53. The van der Waals surface area contributed by atoms with Gasteiger partial charge in [0.05, 0.1) is 10.6 Å². The van der Waals surface area contributed by atoms with E-state index < -0.39 is 21.3 Å². The number of rotatable bonds is 3. The number of carbonyl (C=O) groups is 1. The van der Waals surface area contributed by atoms with Crippen LogP contribution in [0.2, 0.25) is 0 Å². The number of nitrogens with zero attached hydrogens (tertiary/aromatic N) is 1. The second kappa shape index (κ2) is 5.93. The molecular weight excluding hydrogens is 298 g/mol. The van der Waals surface area contributed by atoms with Crippen molar-refractivity contribution in [2.75, 3.05) is 4.31 Å². The molecule has 5 heteroatoms. The molecule has 2 aromatic carbocycles. The maximum absolute atomic E-state index is 12.9. The lowest BCUT2D eigenvalue weighted by Gasteiger charge is -2.28. The van der Waals surface area contributed by atoms with Crippen LogP contribution in [0.15, 0.2) is 65.6 Å². The van der Waals surface area contributed by atoms with Gasteiger partial charge in [0.2, 0.25) is 5.91 Å². The Morgan fingerprint density at radius 2 is 1.32 bits per heavy atom. The van der Waals surface area contributed by atoms with Crippen LogP contribution in [0.4, 0.5) is 5.69 Å². The predicted molar refractivity (Wildman–Crippen MR) is 87.0 cm³/mol. The van der Waals surface area contributed by atoms with E-state index in [1.54, 1.807) is 69.3 Å². The molecule has 22 heavy (non-hydrogen) atoms. The van der Waals surface area contributed by atoms with Gasteiger partial charge >= 0.3 is 0 Å². The van der Waals surface area contributed by atoms with Crippen molar-refractivity contribution in [3.8, 4) is 0 Å². The molecule has 0 fully saturated rings. The number of amides is 1. The summed E-state index contributed by atoms with van der Waals surface area (Å²) in [5, 5.41) is 0. The van der Waals surface area contributed by atoms with Crippen molar-refractivity contribution in [1.82, 2.24) is 0 Å². The lowest BCUT2D eigenvalue weighted by Crippen LogP contribution is -2.43. The fourth-order valence-electron chi connectivity index (χ4n) is 1.93. The van der Waals surface area contributed by atoms with Gasteiger partial charge in [0.1, 0.15) is 0 Å². The van der Waals surface area contributed by atoms with E-state index in [-0.39, 0.29) is 4.90 Å². The van der Waals surface area contributed by atoms with Gasteiger partial charge in [0.25, 0.3) is 10.0 Å². The highest BCUT2D eigenvalue weighted by Gasteiger charge is 2.37. The first kappa shape index (κ1) is 16.2. The van der Waals surface area contributed by atoms with Crippen LogP contribution in [-0.2, 0) is 14.8 Å². The van der Waals surface area contributed by atoms with Gasteiger partial charge in [-0.3, -0.25) is 4.79 Å². The van der Waals surface area contributed by atoms with Crippen molar-refractivity contribution in [3.05, 3.63) is 60.7 Å². The number of hydrogen-bond acceptors (Lipinski definition) is 3. The minimum absolute atomic E-state index is 0.0939. The van der Waals surface area contributed by atoms with E-state index in [9.17, 15) is 13.2 Å². The molecule has 0 saturated heterocycles. The molecule has 1 amide bonds. The zero-order valence-corrected chi connectivity index (χ0v) is 13.7.